The highest BCUT2D eigenvalue weighted by molar-refractivity contribution is 7.27. The quantitative estimate of drug-likeness (QED) is 0.318. The third-order valence-electron chi connectivity index (χ3n) is 3.97. The molecule has 1 unspecified atom stereocenters. The lowest BCUT2D eigenvalue weighted by molar-refractivity contribution is -0.132. The van der Waals surface area contributed by atoms with E-state index in [1.807, 2.05) is 50.2 Å². The Morgan fingerprint density at radius 1 is 1.07 bits per heavy atom. The first kappa shape index (κ1) is 20.6. The van der Waals surface area contributed by atoms with E-state index >= 15 is 0 Å². The fourth-order valence-corrected chi connectivity index (χ4v) is 2.66. The number of rotatable bonds is 7. The molecule has 142 valence electrons. The number of hydrogen-bond acceptors (Lipinski definition) is 6. The highest BCUT2D eigenvalue weighted by atomic mass is 31.0. The molecular weight excluding hydrogens is 363 g/mol. The summed E-state index contributed by atoms with van der Waals surface area (Å²) in [6.45, 7) is 3.99. The minimum atomic E-state index is -0.582. The Morgan fingerprint density at radius 2 is 1.78 bits per heavy atom. The number of nitrogens with zero attached hydrogens (tertiary/aromatic N) is 2. The van der Waals surface area contributed by atoms with E-state index in [4.69, 9.17) is 14.4 Å². The maximum absolute atomic E-state index is 12.1. The van der Waals surface area contributed by atoms with E-state index in [0.717, 1.165) is 27.7 Å². The van der Waals surface area contributed by atoms with Gasteiger partial charge in [0.1, 0.15) is 13.7 Å². The molecule has 0 aliphatic rings. The normalized spacial score (nSPS) is 11.9. The van der Waals surface area contributed by atoms with Crippen LogP contribution in [0, 0.1) is 6.92 Å². The molecule has 2 aromatic carbocycles. The summed E-state index contributed by atoms with van der Waals surface area (Å²) in [7, 11) is 5.32. The lowest BCUT2D eigenvalue weighted by Gasteiger charge is -2.12. The first-order chi connectivity index (χ1) is 13.0. The van der Waals surface area contributed by atoms with Crippen molar-refractivity contribution < 1.29 is 19.2 Å². The number of ether oxygens (including phenoxy) is 1. The van der Waals surface area contributed by atoms with Crippen molar-refractivity contribution in [1.82, 2.24) is 0 Å². The Balaban J connectivity index is 2.26. The molecule has 1 atom stereocenters. The van der Waals surface area contributed by atoms with Crippen LogP contribution in [0.4, 0.5) is 0 Å². The van der Waals surface area contributed by atoms with Crippen LogP contribution in [0.2, 0.25) is 0 Å². The van der Waals surface area contributed by atoms with Gasteiger partial charge in [0.25, 0.3) is 0 Å². The van der Waals surface area contributed by atoms with E-state index in [9.17, 15) is 4.79 Å². The van der Waals surface area contributed by atoms with Gasteiger partial charge >= 0.3 is 5.97 Å². The van der Waals surface area contributed by atoms with Crippen LogP contribution in [0.25, 0.3) is 0 Å². The second-order valence-corrected chi connectivity index (χ2v) is 6.45. The van der Waals surface area contributed by atoms with Crippen molar-refractivity contribution in [3.63, 3.8) is 0 Å². The van der Waals surface area contributed by atoms with Crippen molar-refractivity contribution >= 4 is 31.9 Å². The maximum atomic E-state index is 12.1. The molecule has 2 rings (SSSR count). The number of carbonyl (C=O) groups excluding carboxylic acids is 1. The molecule has 0 bridgehead atoms. The predicted octanol–water partition coefficient (Wildman–Crippen LogP) is 2.96. The molecule has 0 heterocycles. The van der Waals surface area contributed by atoms with Gasteiger partial charge in [-0.25, -0.2) is 4.79 Å². The second kappa shape index (κ2) is 9.83. The van der Waals surface area contributed by atoms with Gasteiger partial charge in [0, 0.05) is 11.1 Å². The van der Waals surface area contributed by atoms with Crippen LogP contribution in [0.1, 0.15) is 29.2 Å². The van der Waals surface area contributed by atoms with Crippen LogP contribution in [0.5, 0.6) is 0 Å². The zero-order valence-electron chi connectivity index (χ0n) is 15.9. The molecule has 0 fully saturated rings. The molecule has 6 nitrogen and oxygen atoms in total. The van der Waals surface area contributed by atoms with Crippen molar-refractivity contribution in [2.24, 2.45) is 10.3 Å². The van der Waals surface area contributed by atoms with Crippen molar-refractivity contribution in [3.8, 4) is 0 Å². The minimum Gasteiger partial charge on any atom is -0.464 e. The van der Waals surface area contributed by atoms with Crippen molar-refractivity contribution in [3.05, 3.63) is 64.7 Å². The fraction of sp³-hybridized carbons (Fsp3) is 0.250. The van der Waals surface area contributed by atoms with Crippen LogP contribution in [0.3, 0.4) is 0 Å². The summed E-state index contributed by atoms with van der Waals surface area (Å²) >= 11 is 0. The van der Waals surface area contributed by atoms with E-state index in [2.05, 4.69) is 19.6 Å². The smallest absolute Gasteiger partial charge is 0.360 e. The van der Waals surface area contributed by atoms with Gasteiger partial charge < -0.3 is 14.4 Å². The average molecular weight is 386 g/mol. The van der Waals surface area contributed by atoms with Crippen LogP contribution < -0.4 is 5.30 Å². The molecule has 0 aliphatic heterocycles. The standard InChI is InChI=1S/C20H23N2O4P/c1-13-6-5-7-17(19(22-25-4)20(23)24-3)18(13)12-26-21-14(2)15-8-10-16(27)11-9-15/h5-11H,12,27H2,1-4H3/b21-14+,22-19+. The molecule has 0 aromatic heterocycles. The van der Waals surface area contributed by atoms with E-state index in [-0.39, 0.29) is 12.3 Å². The molecule has 0 aliphatic carbocycles. The van der Waals surface area contributed by atoms with Gasteiger partial charge in [-0.2, -0.15) is 0 Å². The van der Waals surface area contributed by atoms with Gasteiger partial charge in [0.05, 0.1) is 12.8 Å². The van der Waals surface area contributed by atoms with Crippen LogP contribution in [0.15, 0.2) is 52.8 Å². The fourth-order valence-electron chi connectivity index (χ4n) is 2.47. The Morgan fingerprint density at radius 3 is 2.41 bits per heavy atom. The van der Waals surface area contributed by atoms with Crippen molar-refractivity contribution in [1.29, 1.82) is 0 Å². The van der Waals surface area contributed by atoms with Crippen molar-refractivity contribution in [2.45, 2.75) is 20.5 Å². The third-order valence-corrected chi connectivity index (χ3v) is 4.35. The summed E-state index contributed by atoms with van der Waals surface area (Å²) in [6.07, 6.45) is 0. The summed E-state index contributed by atoms with van der Waals surface area (Å²) < 4.78 is 4.80. The summed E-state index contributed by atoms with van der Waals surface area (Å²) in [5.41, 5.74) is 4.13. The number of esters is 1. The Labute approximate surface area is 161 Å². The van der Waals surface area contributed by atoms with Gasteiger partial charge in [-0.3, -0.25) is 0 Å². The van der Waals surface area contributed by atoms with Crippen LogP contribution in [-0.4, -0.2) is 31.6 Å². The van der Waals surface area contributed by atoms with Gasteiger partial charge in [-0.15, -0.1) is 9.24 Å². The largest absolute Gasteiger partial charge is 0.464 e. The molecule has 7 heteroatoms. The first-order valence-corrected chi connectivity index (χ1v) is 8.86. The number of carbonyl (C=O) groups is 1. The number of benzene rings is 2. The molecule has 0 spiro atoms. The molecule has 0 saturated heterocycles. The molecule has 0 amide bonds. The number of hydrogen-bond donors (Lipinski definition) is 0. The summed E-state index contributed by atoms with van der Waals surface area (Å²) in [5, 5.41) is 9.11. The summed E-state index contributed by atoms with van der Waals surface area (Å²) in [6, 6.07) is 13.5. The van der Waals surface area contributed by atoms with Crippen molar-refractivity contribution in [2.75, 3.05) is 14.2 Å². The lowest BCUT2D eigenvalue weighted by Crippen LogP contribution is -2.20. The van der Waals surface area contributed by atoms with E-state index < -0.39 is 5.97 Å². The molecule has 27 heavy (non-hydrogen) atoms. The molecule has 0 saturated carbocycles. The number of methoxy groups -OCH3 is 1. The number of aryl methyl sites for hydroxylation is 1. The van der Waals surface area contributed by atoms with E-state index in [1.165, 1.54) is 14.2 Å². The van der Waals surface area contributed by atoms with Gasteiger partial charge in [0.2, 0.25) is 0 Å². The molecular formula is C20H23N2O4P. The highest BCUT2D eigenvalue weighted by Crippen LogP contribution is 2.18. The molecule has 2 aromatic rings. The Bertz CT molecular complexity index is 861. The van der Waals surface area contributed by atoms with Crippen LogP contribution >= 0.6 is 9.24 Å². The van der Waals surface area contributed by atoms with Gasteiger partial charge in [0.15, 0.2) is 5.71 Å². The zero-order valence-corrected chi connectivity index (χ0v) is 17.0. The lowest BCUT2D eigenvalue weighted by atomic mass is 9.99. The van der Waals surface area contributed by atoms with E-state index in [1.54, 1.807) is 6.07 Å². The minimum absolute atomic E-state index is 0.0824. The first-order valence-electron chi connectivity index (χ1n) is 8.28. The monoisotopic (exact) mass is 386 g/mol. The predicted molar refractivity (Wildman–Crippen MR) is 110 cm³/mol. The van der Waals surface area contributed by atoms with Gasteiger partial charge in [-0.05, 0) is 30.3 Å². The number of oxime groups is 2. The Hall–Kier alpha value is -2.72. The average Bonchev–Trinajstić information content (AvgIpc) is 2.67. The highest BCUT2D eigenvalue weighted by Gasteiger charge is 2.20. The molecule has 0 N–H and O–H groups in total. The topological polar surface area (TPSA) is 69.5 Å². The second-order valence-electron chi connectivity index (χ2n) is 5.79. The SMILES string of the molecule is CO/N=C(/C(=O)OC)c1cccc(C)c1CO/N=C(\C)c1ccc(P)cc1. The summed E-state index contributed by atoms with van der Waals surface area (Å²) in [5.74, 6) is -0.582. The zero-order chi connectivity index (χ0) is 19.8. The Kier molecular flexibility index (Phi) is 7.50. The molecule has 0 radical (unpaired) electrons. The maximum Gasteiger partial charge on any atom is 0.360 e. The van der Waals surface area contributed by atoms with Gasteiger partial charge in [-0.1, -0.05) is 52.8 Å². The summed E-state index contributed by atoms with van der Waals surface area (Å²) in [4.78, 5) is 22.4. The van der Waals surface area contributed by atoms with E-state index in [0.29, 0.717) is 5.56 Å². The third kappa shape index (κ3) is 5.38. The van der Waals surface area contributed by atoms with Crippen LogP contribution in [-0.2, 0) is 25.8 Å².